The number of nitrogens with zero attached hydrogens (tertiary/aromatic N) is 1. The summed E-state index contributed by atoms with van der Waals surface area (Å²) in [5, 5.41) is 9.97. The van der Waals surface area contributed by atoms with Crippen LogP contribution in [-0.4, -0.2) is 41.3 Å². The maximum absolute atomic E-state index is 9.97. The van der Waals surface area contributed by atoms with Gasteiger partial charge in [-0.1, -0.05) is 13.8 Å². The lowest BCUT2D eigenvalue weighted by atomic mass is 9.94. The maximum Gasteiger partial charge on any atom is 0.0743 e. The molecule has 0 bridgehead atoms. The zero-order valence-electron chi connectivity index (χ0n) is 9.66. The van der Waals surface area contributed by atoms with Crippen molar-refractivity contribution in [3.63, 3.8) is 0 Å². The highest BCUT2D eigenvalue weighted by molar-refractivity contribution is 4.84. The fraction of sp³-hybridized carbons (Fsp3) is 1.00. The molecular formula is C11H24N2O. The van der Waals surface area contributed by atoms with Gasteiger partial charge >= 0.3 is 0 Å². The molecule has 1 saturated heterocycles. The van der Waals surface area contributed by atoms with Gasteiger partial charge in [-0.15, -0.1) is 0 Å². The normalized spacial score (nSPS) is 34.1. The summed E-state index contributed by atoms with van der Waals surface area (Å²) in [7, 11) is 0. The van der Waals surface area contributed by atoms with Gasteiger partial charge in [-0.25, -0.2) is 0 Å². The first-order chi connectivity index (χ1) is 6.43. The van der Waals surface area contributed by atoms with Gasteiger partial charge in [0.25, 0.3) is 0 Å². The van der Waals surface area contributed by atoms with Crippen LogP contribution in [0.2, 0.25) is 0 Å². The fourth-order valence-electron chi connectivity index (χ4n) is 2.24. The summed E-state index contributed by atoms with van der Waals surface area (Å²) in [6, 6.07) is 0.284. The molecule has 0 aliphatic carbocycles. The largest absolute Gasteiger partial charge is 0.389 e. The number of β-amino-alcohol motifs (C(OH)–C–C–N with tert-alkyl or cyclic N) is 1. The lowest BCUT2D eigenvalue weighted by Gasteiger charge is -2.38. The molecule has 3 N–H and O–H groups in total. The van der Waals surface area contributed by atoms with Crippen LogP contribution in [0.4, 0.5) is 0 Å². The zero-order valence-corrected chi connectivity index (χ0v) is 9.66. The van der Waals surface area contributed by atoms with Crippen LogP contribution in [-0.2, 0) is 0 Å². The average Bonchev–Trinajstić information content (AvgIpc) is 2.01. The number of hydrogen-bond acceptors (Lipinski definition) is 3. The van der Waals surface area contributed by atoms with Crippen LogP contribution < -0.4 is 5.73 Å². The van der Waals surface area contributed by atoms with Gasteiger partial charge in [-0.05, 0) is 25.7 Å². The van der Waals surface area contributed by atoms with Crippen molar-refractivity contribution >= 4 is 0 Å². The molecule has 84 valence electrons. The van der Waals surface area contributed by atoms with E-state index in [9.17, 15) is 5.11 Å². The van der Waals surface area contributed by atoms with Crippen LogP contribution in [0.5, 0.6) is 0 Å². The average molecular weight is 200 g/mol. The molecule has 1 aliphatic rings. The molecule has 0 aromatic rings. The molecule has 0 aromatic carbocycles. The Bertz CT molecular complexity index is 172. The first-order valence-electron chi connectivity index (χ1n) is 5.63. The molecule has 3 unspecified atom stereocenters. The quantitative estimate of drug-likeness (QED) is 0.709. The zero-order chi connectivity index (χ0) is 10.8. The van der Waals surface area contributed by atoms with E-state index in [0.717, 1.165) is 32.5 Å². The first-order valence-corrected chi connectivity index (χ1v) is 5.63. The standard InChI is InChI=1S/C11H24N2O/c1-4-11(3,14)8-13-6-9(2)5-10(12)7-13/h9-10,14H,4-8,12H2,1-3H3. The van der Waals surface area contributed by atoms with Crippen LogP contribution in [0, 0.1) is 5.92 Å². The van der Waals surface area contributed by atoms with Gasteiger partial charge < -0.3 is 10.8 Å². The van der Waals surface area contributed by atoms with E-state index < -0.39 is 5.60 Å². The number of likely N-dealkylation sites (tertiary alicyclic amines) is 1. The Kier molecular flexibility index (Phi) is 3.93. The molecule has 1 rings (SSSR count). The van der Waals surface area contributed by atoms with E-state index in [0.29, 0.717) is 5.92 Å². The number of piperidine rings is 1. The van der Waals surface area contributed by atoms with Gasteiger partial charge in [0.2, 0.25) is 0 Å². The van der Waals surface area contributed by atoms with E-state index in [1.165, 1.54) is 0 Å². The van der Waals surface area contributed by atoms with E-state index >= 15 is 0 Å². The van der Waals surface area contributed by atoms with Crippen molar-refractivity contribution < 1.29 is 5.11 Å². The third-order valence-corrected chi connectivity index (χ3v) is 3.09. The minimum absolute atomic E-state index is 0.284. The van der Waals surface area contributed by atoms with E-state index in [4.69, 9.17) is 5.73 Å². The summed E-state index contributed by atoms with van der Waals surface area (Å²) in [6.07, 6.45) is 1.91. The van der Waals surface area contributed by atoms with Crippen LogP contribution >= 0.6 is 0 Å². The van der Waals surface area contributed by atoms with Crippen molar-refractivity contribution in [3.05, 3.63) is 0 Å². The second-order valence-electron chi connectivity index (χ2n) is 5.15. The van der Waals surface area contributed by atoms with Gasteiger partial charge in [0.1, 0.15) is 0 Å². The van der Waals surface area contributed by atoms with Gasteiger partial charge in [-0.2, -0.15) is 0 Å². The summed E-state index contributed by atoms with van der Waals surface area (Å²) in [4.78, 5) is 2.29. The van der Waals surface area contributed by atoms with E-state index in [-0.39, 0.29) is 6.04 Å². The van der Waals surface area contributed by atoms with E-state index in [2.05, 4.69) is 11.8 Å². The Balaban J connectivity index is 2.44. The van der Waals surface area contributed by atoms with Gasteiger partial charge in [0, 0.05) is 25.7 Å². The minimum Gasteiger partial charge on any atom is -0.389 e. The highest BCUT2D eigenvalue weighted by atomic mass is 16.3. The lowest BCUT2D eigenvalue weighted by molar-refractivity contribution is 0.00269. The monoisotopic (exact) mass is 200 g/mol. The predicted octanol–water partition coefficient (Wildman–Crippen LogP) is 0.817. The smallest absolute Gasteiger partial charge is 0.0743 e. The summed E-state index contributed by atoms with van der Waals surface area (Å²) in [5.41, 5.74) is 5.39. The Morgan fingerprint density at radius 3 is 2.64 bits per heavy atom. The Morgan fingerprint density at radius 1 is 1.50 bits per heavy atom. The van der Waals surface area contributed by atoms with Crippen molar-refractivity contribution in [2.24, 2.45) is 11.7 Å². The molecule has 0 amide bonds. The second-order valence-corrected chi connectivity index (χ2v) is 5.15. The Morgan fingerprint density at radius 2 is 2.14 bits per heavy atom. The molecule has 3 heteroatoms. The summed E-state index contributed by atoms with van der Waals surface area (Å²) in [5.74, 6) is 0.659. The molecule has 14 heavy (non-hydrogen) atoms. The van der Waals surface area contributed by atoms with Gasteiger partial charge in [0.15, 0.2) is 0 Å². The summed E-state index contributed by atoms with van der Waals surface area (Å²) in [6.45, 7) is 8.91. The number of hydrogen-bond donors (Lipinski definition) is 2. The molecule has 3 nitrogen and oxygen atoms in total. The first kappa shape index (κ1) is 12.0. The van der Waals surface area contributed by atoms with E-state index in [1.54, 1.807) is 0 Å². The Hall–Kier alpha value is -0.120. The molecule has 1 fully saturated rings. The summed E-state index contributed by atoms with van der Waals surface area (Å²) >= 11 is 0. The molecule has 1 aliphatic heterocycles. The van der Waals surface area contributed by atoms with Crippen LogP contribution in [0.3, 0.4) is 0 Å². The molecule has 0 saturated carbocycles. The SMILES string of the molecule is CCC(C)(O)CN1CC(C)CC(N)C1. The highest BCUT2D eigenvalue weighted by Gasteiger charge is 2.27. The van der Waals surface area contributed by atoms with Gasteiger partial charge in [-0.3, -0.25) is 4.90 Å². The van der Waals surface area contributed by atoms with Crippen molar-refractivity contribution in [3.8, 4) is 0 Å². The van der Waals surface area contributed by atoms with Crippen molar-refractivity contribution in [1.82, 2.24) is 4.90 Å². The van der Waals surface area contributed by atoms with Gasteiger partial charge in [0.05, 0.1) is 5.60 Å². The van der Waals surface area contributed by atoms with Crippen LogP contribution in [0.25, 0.3) is 0 Å². The molecule has 0 aromatic heterocycles. The summed E-state index contributed by atoms with van der Waals surface area (Å²) < 4.78 is 0. The van der Waals surface area contributed by atoms with Crippen LogP contribution in [0.1, 0.15) is 33.6 Å². The predicted molar refractivity (Wildman–Crippen MR) is 59.1 cm³/mol. The molecular weight excluding hydrogens is 176 g/mol. The fourth-order valence-corrected chi connectivity index (χ4v) is 2.24. The van der Waals surface area contributed by atoms with Crippen molar-refractivity contribution in [2.75, 3.05) is 19.6 Å². The molecule has 0 radical (unpaired) electrons. The van der Waals surface area contributed by atoms with Crippen LogP contribution in [0.15, 0.2) is 0 Å². The third-order valence-electron chi connectivity index (χ3n) is 3.09. The third kappa shape index (κ3) is 3.56. The number of aliphatic hydroxyl groups is 1. The lowest BCUT2D eigenvalue weighted by Crippen LogP contribution is -2.51. The highest BCUT2D eigenvalue weighted by Crippen LogP contribution is 2.18. The molecule has 0 spiro atoms. The molecule has 1 heterocycles. The second kappa shape index (κ2) is 4.60. The number of nitrogens with two attached hydrogens (primary N) is 1. The maximum atomic E-state index is 9.97. The Labute approximate surface area is 87.3 Å². The van der Waals surface area contributed by atoms with Crippen molar-refractivity contribution in [2.45, 2.75) is 45.3 Å². The number of rotatable bonds is 3. The molecule has 3 atom stereocenters. The van der Waals surface area contributed by atoms with Crippen molar-refractivity contribution in [1.29, 1.82) is 0 Å². The topological polar surface area (TPSA) is 49.5 Å². The van der Waals surface area contributed by atoms with E-state index in [1.807, 2.05) is 13.8 Å². The minimum atomic E-state index is -0.559.